The molecule has 0 spiro atoms. The van der Waals surface area contributed by atoms with Crippen LogP contribution < -0.4 is 0 Å². The highest BCUT2D eigenvalue weighted by molar-refractivity contribution is 5.78. The first-order chi connectivity index (χ1) is 8.38. The van der Waals surface area contributed by atoms with Gasteiger partial charge in [-0.15, -0.1) is 0 Å². The first kappa shape index (κ1) is 16.3. The van der Waals surface area contributed by atoms with Crippen LogP contribution in [0.5, 0.6) is 0 Å². The minimum absolute atomic E-state index is 0.0551. The molecular weight excluding hydrogens is 248 g/mol. The highest BCUT2D eigenvalue weighted by atomic mass is 17.1. The molecule has 0 heterocycles. The van der Waals surface area contributed by atoms with Crippen LogP contribution in [0.1, 0.15) is 25.7 Å². The molecule has 0 aliphatic rings. The molecule has 0 radical (unpaired) electrons. The largest absolute Gasteiger partial charge is 0.481 e. The van der Waals surface area contributed by atoms with E-state index in [0.29, 0.717) is 0 Å². The fourth-order valence-electron chi connectivity index (χ4n) is 1.56. The topological polar surface area (TPSA) is 141 Å². The fourth-order valence-corrected chi connectivity index (χ4v) is 1.56. The van der Waals surface area contributed by atoms with Gasteiger partial charge in [-0.2, -0.15) is 0 Å². The van der Waals surface area contributed by atoms with Crippen molar-refractivity contribution in [3.63, 3.8) is 0 Å². The molecule has 0 aromatic heterocycles. The lowest BCUT2D eigenvalue weighted by molar-refractivity contribution is -0.243. The average molecular weight is 264 g/mol. The van der Waals surface area contributed by atoms with Crippen molar-refractivity contribution in [2.24, 2.45) is 11.8 Å². The van der Waals surface area contributed by atoms with Crippen molar-refractivity contribution in [2.45, 2.75) is 25.7 Å². The van der Waals surface area contributed by atoms with Crippen LogP contribution in [0, 0.1) is 11.8 Å². The summed E-state index contributed by atoms with van der Waals surface area (Å²) in [6.45, 7) is -0.0551. The molecule has 2 atom stereocenters. The van der Waals surface area contributed by atoms with Gasteiger partial charge in [0.1, 0.15) is 0 Å². The zero-order valence-corrected chi connectivity index (χ0v) is 9.61. The zero-order valence-electron chi connectivity index (χ0n) is 9.61. The average Bonchev–Trinajstić information content (AvgIpc) is 2.25. The van der Waals surface area contributed by atoms with Crippen molar-refractivity contribution in [2.75, 3.05) is 6.61 Å². The van der Waals surface area contributed by atoms with E-state index in [1.54, 1.807) is 0 Å². The van der Waals surface area contributed by atoms with Gasteiger partial charge in [-0.3, -0.25) is 19.6 Å². The summed E-state index contributed by atoms with van der Waals surface area (Å²) < 4.78 is 0. The minimum atomic E-state index is -1.33. The normalized spacial score (nSPS) is 13.8. The second-order valence-corrected chi connectivity index (χ2v) is 3.88. The molecule has 0 aliphatic heterocycles. The molecule has 0 aliphatic carbocycles. The Hall–Kier alpha value is -1.67. The third kappa shape index (κ3) is 6.81. The van der Waals surface area contributed by atoms with Crippen LogP contribution in [0.25, 0.3) is 0 Å². The molecule has 0 aromatic rings. The summed E-state index contributed by atoms with van der Waals surface area (Å²) >= 11 is 0. The van der Waals surface area contributed by atoms with Gasteiger partial charge < -0.3 is 15.3 Å². The quantitative estimate of drug-likeness (QED) is 0.254. The molecule has 0 rings (SSSR count). The molecule has 4 N–H and O–H groups in total. The third-order valence-corrected chi connectivity index (χ3v) is 2.48. The van der Waals surface area contributed by atoms with Crippen molar-refractivity contribution in [3.05, 3.63) is 0 Å². The summed E-state index contributed by atoms with van der Waals surface area (Å²) in [5.74, 6) is -6.02. The molecule has 0 bridgehead atoms. The smallest absolute Gasteiger partial charge is 0.307 e. The standard InChI is InChI=1S/C10H16O8/c11-8(12)5-7(10(15)16)4-6(9(13)14)2-1-3-18-17/h6-7,17H,1-5H2,(H,11,12)(H,13,14)(H,15,16). The van der Waals surface area contributed by atoms with Crippen molar-refractivity contribution < 1.29 is 39.8 Å². The van der Waals surface area contributed by atoms with Crippen LogP contribution in [0.3, 0.4) is 0 Å². The Labute approximate surface area is 103 Å². The van der Waals surface area contributed by atoms with E-state index in [9.17, 15) is 14.4 Å². The number of carboxylic acid groups (broad SMARTS) is 3. The van der Waals surface area contributed by atoms with E-state index in [-0.39, 0.29) is 25.9 Å². The fraction of sp³-hybridized carbons (Fsp3) is 0.700. The van der Waals surface area contributed by atoms with Gasteiger partial charge in [0.05, 0.1) is 24.9 Å². The summed E-state index contributed by atoms with van der Waals surface area (Å²) in [6.07, 6.45) is -0.524. The second kappa shape index (κ2) is 8.43. The van der Waals surface area contributed by atoms with Gasteiger partial charge in [-0.1, -0.05) is 0 Å². The Balaban J connectivity index is 4.46. The molecular formula is C10H16O8. The van der Waals surface area contributed by atoms with Gasteiger partial charge in [0, 0.05) is 0 Å². The van der Waals surface area contributed by atoms with Crippen molar-refractivity contribution in [1.29, 1.82) is 0 Å². The SMILES string of the molecule is O=C(O)CC(CC(CCCOO)C(=O)O)C(=O)O. The van der Waals surface area contributed by atoms with Crippen LogP contribution in [0.2, 0.25) is 0 Å². The highest BCUT2D eigenvalue weighted by Gasteiger charge is 2.28. The molecule has 0 fully saturated rings. The second-order valence-electron chi connectivity index (χ2n) is 3.88. The van der Waals surface area contributed by atoms with E-state index in [2.05, 4.69) is 4.89 Å². The van der Waals surface area contributed by atoms with Crippen LogP contribution in [-0.4, -0.2) is 45.1 Å². The van der Waals surface area contributed by atoms with E-state index in [1.807, 2.05) is 0 Å². The first-order valence-corrected chi connectivity index (χ1v) is 5.32. The highest BCUT2D eigenvalue weighted by Crippen LogP contribution is 2.21. The molecule has 104 valence electrons. The zero-order chi connectivity index (χ0) is 14.1. The maximum Gasteiger partial charge on any atom is 0.307 e. The van der Waals surface area contributed by atoms with Gasteiger partial charge in [0.15, 0.2) is 0 Å². The predicted molar refractivity (Wildman–Crippen MR) is 56.9 cm³/mol. The lowest BCUT2D eigenvalue weighted by Gasteiger charge is -2.16. The van der Waals surface area contributed by atoms with E-state index in [4.69, 9.17) is 20.6 Å². The minimum Gasteiger partial charge on any atom is -0.481 e. The molecule has 0 amide bonds. The number of carboxylic acids is 3. The summed E-state index contributed by atoms with van der Waals surface area (Å²) in [4.78, 5) is 35.9. The molecule has 0 saturated heterocycles. The number of rotatable bonds is 10. The molecule has 0 saturated carbocycles. The molecule has 2 unspecified atom stereocenters. The van der Waals surface area contributed by atoms with E-state index in [0.717, 1.165) is 0 Å². The Kier molecular flexibility index (Phi) is 7.64. The lowest BCUT2D eigenvalue weighted by Crippen LogP contribution is -2.25. The molecule has 8 heteroatoms. The van der Waals surface area contributed by atoms with Gasteiger partial charge in [-0.25, -0.2) is 4.89 Å². The van der Waals surface area contributed by atoms with Gasteiger partial charge in [-0.05, 0) is 19.3 Å². The first-order valence-electron chi connectivity index (χ1n) is 5.32. The molecule has 8 nitrogen and oxygen atoms in total. The van der Waals surface area contributed by atoms with Crippen LogP contribution >= 0.6 is 0 Å². The number of hydrogen-bond acceptors (Lipinski definition) is 5. The summed E-state index contributed by atoms with van der Waals surface area (Å²) in [6, 6.07) is 0. The van der Waals surface area contributed by atoms with Crippen LogP contribution in [-0.2, 0) is 19.3 Å². The summed E-state index contributed by atoms with van der Waals surface area (Å²) in [5.41, 5.74) is 0. The monoisotopic (exact) mass is 264 g/mol. The van der Waals surface area contributed by atoms with E-state index >= 15 is 0 Å². The molecule has 18 heavy (non-hydrogen) atoms. The van der Waals surface area contributed by atoms with Crippen LogP contribution in [0.15, 0.2) is 0 Å². The maximum atomic E-state index is 10.9. The summed E-state index contributed by atoms with van der Waals surface area (Å²) in [7, 11) is 0. The van der Waals surface area contributed by atoms with Crippen molar-refractivity contribution in [1.82, 2.24) is 0 Å². The maximum absolute atomic E-state index is 10.9. The van der Waals surface area contributed by atoms with E-state index in [1.165, 1.54) is 0 Å². The Morgan fingerprint density at radius 2 is 1.56 bits per heavy atom. The summed E-state index contributed by atoms with van der Waals surface area (Å²) in [5, 5.41) is 34.3. The number of carbonyl (C=O) groups is 3. The van der Waals surface area contributed by atoms with Crippen molar-refractivity contribution >= 4 is 17.9 Å². The Morgan fingerprint density at radius 1 is 1.00 bits per heavy atom. The van der Waals surface area contributed by atoms with Crippen molar-refractivity contribution in [3.8, 4) is 0 Å². The Bertz CT molecular complexity index is 300. The number of aliphatic carboxylic acids is 3. The van der Waals surface area contributed by atoms with Gasteiger partial charge in [0.25, 0.3) is 0 Å². The number of hydrogen-bond donors (Lipinski definition) is 4. The lowest BCUT2D eigenvalue weighted by atomic mass is 9.89. The van der Waals surface area contributed by atoms with E-state index < -0.39 is 36.2 Å². The Morgan fingerprint density at radius 3 is 1.94 bits per heavy atom. The molecule has 0 aromatic carbocycles. The van der Waals surface area contributed by atoms with Gasteiger partial charge >= 0.3 is 17.9 Å². The van der Waals surface area contributed by atoms with Gasteiger partial charge in [0.2, 0.25) is 0 Å². The van der Waals surface area contributed by atoms with Crippen LogP contribution in [0.4, 0.5) is 0 Å². The third-order valence-electron chi connectivity index (χ3n) is 2.48. The predicted octanol–water partition coefficient (Wildman–Crippen LogP) is 0.523.